The molecule has 0 saturated carbocycles. The van der Waals surface area contributed by atoms with Crippen molar-refractivity contribution in [2.45, 2.75) is 101 Å². The van der Waals surface area contributed by atoms with Gasteiger partial charge in [0.2, 0.25) is 0 Å². The first-order chi connectivity index (χ1) is 16.1. The van der Waals surface area contributed by atoms with Crippen LogP contribution in [0.3, 0.4) is 0 Å². The first kappa shape index (κ1) is 30.0. The van der Waals surface area contributed by atoms with Gasteiger partial charge in [-0.2, -0.15) is 0 Å². The Hall–Kier alpha value is -0.183. The molecule has 1 fully saturated rings. The monoisotopic (exact) mass is 528 g/mol. The lowest BCUT2D eigenvalue weighted by atomic mass is 10.1. The Morgan fingerprint density at radius 1 is 0.941 bits per heavy atom. The quantitative estimate of drug-likeness (QED) is 0.188. The van der Waals surface area contributed by atoms with Gasteiger partial charge in [0.15, 0.2) is 8.32 Å². The van der Waals surface area contributed by atoms with Crippen LogP contribution in [0.25, 0.3) is 0 Å². The summed E-state index contributed by atoms with van der Waals surface area (Å²) in [5, 5.41) is 10.9. The Morgan fingerprint density at radius 2 is 1.53 bits per heavy atom. The third-order valence-corrected chi connectivity index (χ3v) is 16.7. The zero-order chi connectivity index (χ0) is 25.2. The molecule has 1 heterocycles. The first-order valence-corrected chi connectivity index (χ1v) is 17.1. The van der Waals surface area contributed by atoms with E-state index in [0.717, 1.165) is 30.8 Å². The molecule has 4 nitrogen and oxygen atoms in total. The van der Waals surface area contributed by atoms with E-state index in [1.165, 1.54) is 17.9 Å². The lowest BCUT2D eigenvalue weighted by Gasteiger charge is -2.44. The summed E-state index contributed by atoms with van der Waals surface area (Å²) in [6.45, 7) is 16.0. The number of aliphatic hydroxyl groups is 1. The molecule has 0 unspecified atom stereocenters. The van der Waals surface area contributed by atoms with Crippen LogP contribution in [0.4, 0.5) is 0 Å². The van der Waals surface area contributed by atoms with E-state index in [2.05, 4.69) is 41.5 Å². The van der Waals surface area contributed by atoms with Gasteiger partial charge >= 0.3 is 0 Å². The van der Waals surface area contributed by atoms with Crippen LogP contribution in [0.1, 0.15) is 72.8 Å². The molecule has 1 aromatic carbocycles. The predicted octanol–water partition coefficient (Wildman–Crippen LogP) is 7.50. The van der Waals surface area contributed by atoms with Crippen LogP contribution in [0.2, 0.25) is 16.6 Å². The van der Waals surface area contributed by atoms with E-state index in [1.807, 2.05) is 47.8 Å². The average molecular weight is 529 g/mol. The Bertz CT molecular complexity index is 669. The van der Waals surface area contributed by atoms with Crippen molar-refractivity contribution in [2.75, 3.05) is 31.8 Å². The van der Waals surface area contributed by atoms with Gasteiger partial charge in [-0.1, -0.05) is 53.7 Å². The summed E-state index contributed by atoms with van der Waals surface area (Å²) in [6.07, 6.45) is 3.38. The highest BCUT2D eigenvalue weighted by Gasteiger charge is 2.45. The molecule has 1 aliphatic rings. The Labute approximate surface area is 218 Å². The Kier molecular flexibility index (Phi) is 12.8. The largest absolute Gasteiger partial charge is 0.497 e. The van der Waals surface area contributed by atoms with Crippen LogP contribution in [0, 0.1) is 0 Å². The van der Waals surface area contributed by atoms with Crippen LogP contribution in [0.5, 0.6) is 5.75 Å². The van der Waals surface area contributed by atoms with Crippen molar-refractivity contribution in [3.8, 4) is 5.75 Å². The molecule has 1 saturated heterocycles. The molecule has 196 valence electrons. The summed E-state index contributed by atoms with van der Waals surface area (Å²) in [7, 11) is -0.186. The normalized spacial score (nSPS) is 17.5. The van der Waals surface area contributed by atoms with E-state index < -0.39 is 8.32 Å². The highest BCUT2D eigenvalue weighted by molar-refractivity contribution is 8.18. The van der Waals surface area contributed by atoms with Gasteiger partial charge in [-0.15, -0.1) is 23.5 Å². The van der Waals surface area contributed by atoms with Gasteiger partial charge in [0.25, 0.3) is 0 Å². The maximum Gasteiger partial charge on any atom is 0.200 e. The van der Waals surface area contributed by atoms with E-state index in [4.69, 9.17) is 13.9 Å². The number of benzene rings is 1. The van der Waals surface area contributed by atoms with Crippen LogP contribution >= 0.6 is 23.5 Å². The third kappa shape index (κ3) is 8.44. The van der Waals surface area contributed by atoms with Gasteiger partial charge < -0.3 is 19.0 Å². The van der Waals surface area contributed by atoms with Crippen molar-refractivity contribution in [1.82, 2.24) is 0 Å². The molecule has 0 aliphatic carbocycles. The number of ether oxygens (including phenoxy) is 2. The van der Waals surface area contributed by atoms with Crippen molar-refractivity contribution in [3.05, 3.63) is 29.8 Å². The van der Waals surface area contributed by atoms with Crippen molar-refractivity contribution in [2.24, 2.45) is 0 Å². The van der Waals surface area contributed by atoms with Crippen LogP contribution < -0.4 is 4.74 Å². The fourth-order valence-corrected chi connectivity index (χ4v) is 14.3. The molecular formula is C27H48O4S2Si. The Morgan fingerprint density at radius 3 is 2.06 bits per heavy atom. The lowest BCUT2D eigenvalue weighted by molar-refractivity contribution is 0.0679. The smallest absolute Gasteiger partial charge is 0.200 e. The van der Waals surface area contributed by atoms with E-state index in [0.29, 0.717) is 36.3 Å². The molecule has 1 N–H and O–H groups in total. The van der Waals surface area contributed by atoms with Crippen molar-refractivity contribution < 1.29 is 19.0 Å². The van der Waals surface area contributed by atoms with E-state index >= 15 is 0 Å². The molecule has 34 heavy (non-hydrogen) atoms. The minimum absolute atomic E-state index is 0.0543. The lowest BCUT2D eigenvalue weighted by Crippen LogP contribution is -2.48. The van der Waals surface area contributed by atoms with Gasteiger partial charge in [-0.05, 0) is 71.5 Å². The molecule has 0 radical (unpaired) electrons. The zero-order valence-electron chi connectivity index (χ0n) is 22.5. The number of hydrogen-bond donors (Lipinski definition) is 1. The van der Waals surface area contributed by atoms with Crippen molar-refractivity contribution >= 4 is 31.8 Å². The number of rotatable bonds is 15. The van der Waals surface area contributed by atoms with Gasteiger partial charge in [0, 0.05) is 13.2 Å². The third-order valence-electron chi connectivity index (χ3n) is 7.13. The van der Waals surface area contributed by atoms with Crippen LogP contribution in [-0.4, -0.2) is 55.4 Å². The number of methoxy groups -OCH3 is 1. The molecule has 1 atom stereocenters. The van der Waals surface area contributed by atoms with E-state index in [1.54, 1.807) is 7.11 Å². The van der Waals surface area contributed by atoms with Gasteiger partial charge in [0.05, 0.1) is 23.9 Å². The SMILES string of the molecule is COc1ccc(COCC[C@H](O)CC2(CCO[Si](C(C)C)(C(C)C)C(C)C)SCCCS2)cc1. The maximum absolute atomic E-state index is 10.9. The summed E-state index contributed by atoms with van der Waals surface area (Å²) in [4.78, 5) is 0. The number of thioether (sulfide) groups is 2. The average Bonchev–Trinajstić information content (AvgIpc) is 2.80. The minimum atomic E-state index is -1.86. The highest BCUT2D eigenvalue weighted by Crippen LogP contribution is 2.49. The van der Waals surface area contributed by atoms with Gasteiger partial charge in [-0.25, -0.2) is 0 Å². The molecule has 7 heteroatoms. The standard InChI is InChI=1S/C27H48O4S2Si/c1-21(2)34(22(3)4,23(5)6)31-16-14-27(32-17-8-18-33-27)19-25(28)13-15-30-20-24-9-11-26(29-7)12-10-24/h9-12,21-23,25,28H,8,13-20H2,1-7H3/t25-/m0/s1. The van der Waals surface area contributed by atoms with Gasteiger partial charge in [0.1, 0.15) is 5.75 Å². The van der Waals surface area contributed by atoms with Crippen molar-refractivity contribution in [3.63, 3.8) is 0 Å². The Balaban J connectivity index is 1.87. The molecule has 0 spiro atoms. The fourth-order valence-electron chi connectivity index (χ4n) is 5.46. The summed E-state index contributed by atoms with van der Waals surface area (Å²) < 4.78 is 18.0. The summed E-state index contributed by atoms with van der Waals surface area (Å²) in [5.41, 5.74) is 2.92. The second kappa shape index (κ2) is 14.5. The van der Waals surface area contributed by atoms with Crippen LogP contribution in [0.15, 0.2) is 24.3 Å². The molecule has 1 aliphatic heterocycles. The summed E-state index contributed by atoms with van der Waals surface area (Å²) in [5.74, 6) is 3.20. The predicted molar refractivity (Wildman–Crippen MR) is 152 cm³/mol. The molecule has 0 bridgehead atoms. The fraction of sp³-hybridized carbons (Fsp3) is 0.778. The first-order valence-electron chi connectivity index (χ1n) is 13.0. The van der Waals surface area contributed by atoms with E-state index in [-0.39, 0.29) is 10.2 Å². The molecule has 1 aromatic rings. The van der Waals surface area contributed by atoms with E-state index in [9.17, 15) is 5.11 Å². The second-order valence-corrected chi connectivity index (χ2v) is 19.1. The summed E-state index contributed by atoms with van der Waals surface area (Å²) in [6, 6.07) is 7.95. The summed E-state index contributed by atoms with van der Waals surface area (Å²) >= 11 is 4.08. The maximum atomic E-state index is 10.9. The number of hydrogen-bond acceptors (Lipinski definition) is 6. The molecule has 0 amide bonds. The number of aliphatic hydroxyl groups excluding tert-OH is 1. The molecule has 0 aromatic heterocycles. The van der Waals surface area contributed by atoms with Gasteiger partial charge in [-0.3, -0.25) is 0 Å². The zero-order valence-corrected chi connectivity index (χ0v) is 25.1. The van der Waals surface area contributed by atoms with Crippen molar-refractivity contribution in [1.29, 1.82) is 0 Å². The van der Waals surface area contributed by atoms with Crippen LogP contribution in [-0.2, 0) is 15.8 Å². The minimum Gasteiger partial charge on any atom is -0.497 e. The highest BCUT2D eigenvalue weighted by atomic mass is 32.2. The topological polar surface area (TPSA) is 47.9 Å². The second-order valence-electron chi connectivity index (χ2n) is 10.4. The molecular weight excluding hydrogens is 481 g/mol. The molecule has 2 rings (SSSR count).